The van der Waals surface area contributed by atoms with Gasteiger partial charge in [-0.2, -0.15) is 0 Å². The van der Waals surface area contributed by atoms with E-state index in [1.54, 1.807) is 12.2 Å². The molecule has 0 aromatic carbocycles. The third-order valence-corrected chi connectivity index (χ3v) is 11.0. The van der Waals surface area contributed by atoms with Crippen molar-refractivity contribution in [3.63, 3.8) is 0 Å². The summed E-state index contributed by atoms with van der Waals surface area (Å²) < 4.78 is 34.2. The number of carbonyl (C=O) groups is 2. The van der Waals surface area contributed by atoms with Gasteiger partial charge in [-0.05, 0) is 44.9 Å². The van der Waals surface area contributed by atoms with Crippen molar-refractivity contribution in [2.75, 3.05) is 47.5 Å². The van der Waals surface area contributed by atoms with Gasteiger partial charge in [-0.15, -0.1) is 0 Å². The van der Waals surface area contributed by atoms with Crippen LogP contribution in [0.5, 0.6) is 0 Å². The van der Waals surface area contributed by atoms with Crippen molar-refractivity contribution in [3.05, 3.63) is 48.6 Å². The molecule has 0 saturated heterocycles. The molecule has 11 heteroatoms. The van der Waals surface area contributed by atoms with E-state index in [0.29, 0.717) is 30.3 Å². The van der Waals surface area contributed by atoms with E-state index in [2.05, 4.69) is 38.2 Å². The second kappa shape index (κ2) is 40.0. The lowest BCUT2D eigenvalue weighted by molar-refractivity contribution is -0.870. The summed E-state index contributed by atoms with van der Waals surface area (Å²) in [5.41, 5.74) is 0. The summed E-state index contributed by atoms with van der Waals surface area (Å²) in [6.07, 6.45) is 43.3. The van der Waals surface area contributed by atoms with Gasteiger partial charge in [-0.1, -0.05) is 178 Å². The van der Waals surface area contributed by atoms with Gasteiger partial charge in [0.25, 0.3) is 0 Å². The first-order chi connectivity index (χ1) is 28.4. The van der Waals surface area contributed by atoms with E-state index in [1.807, 2.05) is 33.3 Å². The minimum absolute atomic E-state index is 0.00316. The number of aliphatic hydroxyl groups excluding tert-OH is 1. The number of allylic oxidation sites excluding steroid dienone is 7. The van der Waals surface area contributed by atoms with E-state index in [1.165, 1.54) is 109 Å². The number of nitrogens with zero attached hydrogens (tertiary/aromatic N) is 1. The number of likely N-dealkylation sites (N-methyl/N-ethyl adjacent to an activating group) is 1. The fourth-order valence-corrected chi connectivity index (χ4v) is 6.98. The molecule has 0 fully saturated rings. The Morgan fingerprint density at radius 1 is 0.610 bits per heavy atom. The standard InChI is InChI=1S/C48H88NO9P/c1-6-8-10-12-14-16-18-20-21-22-23-25-27-29-31-33-35-39-47(51)55-43-46(44-57-59(53,54)56-42-41-49(3,4)5)58-48(52)40-36-38-45(50)37-34-32-30-28-26-24-19-17-15-13-11-9-7-2/h15,17,24,26,30,32,34,37,45-46,50H,6-14,16,18-23,25,27-29,31,33,35-36,38-44H2,1-5H3/p+1/b17-15-,26-24-,32-30-,37-34+/t45-,46+/m0/s1. The van der Waals surface area contributed by atoms with Gasteiger partial charge < -0.3 is 24.0 Å². The first-order valence-corrected chi connectivity index (χ1v) is 25.0. The summed E-state index contributed by atoms with van der Waals surface area (Å²) in [6.45, 7) is 4.18. The molecule has 0 spiro atoms. The predicted octanol–water partition coefficient (Wildman–Crippen LogP) is 12.4. The van der Waals surface area contributed by atoms with Crippen LogP contribution in [-0.2, 0) is 32.7 Å². The lowest BCUT2D eigenvalue weighted by Gasteiger charge is -2.24. The van der Waals surface area contributed by atoms with Gasteiger partial charge in [0.15, 0.2) is 6.10 Å². The normalized spacial score (nSPS) is 14.5. The summed E-state index contributed by atoms with van der Waals surface area (Å²) in [7, 11) is 1.36. The Kier molecular flexibility index (Phi) is 38.6. The number of esters is 2. The maximum absolute atomic E-state index is 12.7. The average Bonchev–Trinajstić information content (AvgIpc) is 3.18. The van der Waals surface area contributed by atoms with Crippen LogP contribution in [0.1, 0.15) is 187 Å². The van der Waals surface area contributed by atoms with Crippen LogP contribution >= 0.6 is 7.82 Å². The molecule has 2 N–H and O–H groups in total. The minimum Gasteiger partial charge on any atom is -0.462 e. The van der Waals surface area contributed by atoms with Crippen LogP contribution in [0, 0.1) is 0 Å². The van der Waals surface area contributed by atoms with E-state index >= 15 is 0 Å². The zero-order valence-electron chi connectivity index (χ0n) is 38.3. The Hall–Kier alpha value is -2.07. The summed E-state index contributed by atoms with van der Waals surface area (Å²) in [6, 6.07) is 0. The predicted molar refractivity (Wildman–Crippen MR) is 244 cm³/mol. The fraction of sp³-hybridized carbons (Fsp3) is 0.792. The SMILES string of the molecule is CCCCC/C=C\C/C=C\C/C=C\C=C\[C@H](O)CCCC(=O)O[C@H](COC(=O)CCCCCCCCCCCCCCCCCCC)COP(=O)(O)OCC[N+](C)(C)C. The molecular weight excluding hydrogens is 766 g/mol. The summed E-state index contributed by atoms with van der Waals surface area (Å²) in [5, 5.41) is 10.3. The summed E-state index contributed by atoms with van der Waals surface area (Å²) in [5.74, 6) is -0.996. The number of aliphatic hydroxyl groups is 1. The second-order valence-corrected chi connectivity index (χ2v) is 18.4. The molecule has 0 aromatic heterocycles. The maximum atomic E-state index is 12.7. The molecule has 0 amide bonds. The number of carbonyl (C=O) groups excluding carboxylic acids is 2. The second-order valence-electron chi connectivity index (χ2n) is 17.0. The monoisotopic (exact) mass is 855 g/mol. The zero-order chi connectivity index (χ0) is 43.7. The van der Waals surface area contributed by atoms with E-state index in [4.69, 9.17) is 18.5 Å². The van der Waals surface area contributed by atoms with E-state index in [9.17, 15) is 24.2 Å². The molecule has 59 heavy (non-hydrogen) atoms. The van der Waals surface area contributed by atoms with Crippen molar-refractivity contribution in [3.8, 4) is 0 Å². The summed E-state index contributed by atoms with van der Waals surface area (Å²) >= 11 is 0. The molecular formula is C48H89NO9P+. The van der Waals surface area contributed by atoms with Gasteiger partial charge in [0.05, 0.1) is 33.9 Å². The van der Waals surface area contributed by atoms with Crippen molar-refractivity contribution in [1.29, 1.82) is 0 Å². The third kappa shape index (κ3) is 43.8. The molecule has 0 heterocycles. The van der Waals surface area contributed by atoms with E-state index in [-0.39, 0.29) is 26.1 Å². The van der Waals surface area contributed by atoms with Crippen molar-refractivity contribution in [2.45, 2.75) is 199 Å². The number of unbranched alkanes of at least 4 members (excludes halogenated alkanes) is 19. The Labute approximate surface area is 361 Å². The van der Waals surface area contributed by atoms with Crippen molar-refractivity contribution in [2.24, 2.45) is 0 Å². The number of hydrogen-bond acceptors (Lipinski definition) is 8. The Bertz CT molecular complexity index is 1160. The fourth-order valence-electron chi connectivity index (χ4n) is 6.24. The molecule has 0 radical (unpaired) electrons. The lowest BCUT2D eigenvalue weighted by atomic mass is 10.0. The van der Waals surface area contributed by atoms with Gasteiger partial charge in [0.2, 0.25) is 0 Å². The van der Waals surface area contributed by atoms with Crippen LogP contribution in [-0.4, -0.2) is 86.1 Å². The number of quaternary nitrogens is 1. The van der Waals surface area contributed by atoms with Crippen LogP contribution in [0.4, 0.5) is 0 Å². The molecule has 0 aromatic rings. The highest BCUT2D eigenvalue weighted by Gasteiger charge is 2.27. The molecule has 344 valence electrons. The minimum atomic E-state index is -4.43. The van der Waals surface area contributed by atoms with Crippen LogP contribution in [0.3, 0.4) is 0 Å². The molecule has 0 aliphatic rings. The summed E-state index contributed by atoms with van der Waals surface area (Å²) in [4.78, 5) is 35.4. The van der Waals surface area contributed by atoms with Crippen molar-refractivity contribution < 1.29 is 47.2 Å². The van der Waals surface area contributed by atoms with Gasteiger partial charge >= 0.3 is 19.8 Å². The first kappa shape index (κ1) is 56.9. The van der Waals surface area contributed by atoms with Gasteiger partial charge in [-0.3, -0.25) is 18.6 Å². The molecule has 0 aliphatic carbocycles. The average molecular weight is 855 g/mol. The molecule has 0 bridgehead atoms. The van der Waals surface area contributed by atoms with Crippen LogP contribution in [0.25, 0.3) is 0 Å². The topological polar surface area (TPSA) is 129 Å². The highest BCUT2D eigenvalue weighted by molar-refractivity contribution is 7.47. The highest BCUT2D eigenvalue weighted by atomic mass is 31.2. The molecule has 10 nitrogen and oxygen atoms in total. The quantitative estimate of drug-likeness (QED) is 0.0154. The zero-order valence-corrected chi connectivity index (χ0v) is 39.2. The smallest absolute Gasteiger partial charge is 0.462 e. The lowest BCUT2D eigenvalue weighted by Crippen LogP contribution is -2.37. The third-order valence-electron chi connectivity index (χ3n) is 9.97. The van der Waals surface area contributed by atoms with Crippen LogP contribution in [0.2, 0.25) is 0 Å². The largest absolute Gasteiger partial charge is 0.472 e. The Morgan fingerprint density at radius 3 is 1.69 bits per heavy atom. The van der Waals surface area contributed by atoms with Crippen molar-refractivity contribution in [1.82, 2.24) is 0 Å². The van der Waals surface area contributed by atoms with Gasteiger partial charge in [0, 0.05) is 12.8 Å². The number of hydrogen-bond donors (Lipinski definition) is 2. The number of ether oxygens (including phenoxy) is 2. The molecule has 3 atom stereocenters. The van der Waals surface area contributed by atoms with Crippen LogP contribution < -0.4 is 0 Å². The van der Waals surface area contributed by atoms with E-state index < -0.39 is 38.6 Å². The number of rotatable bonds is 42. The number of phosphoric acid groups is 1. The molecule has 1 unspecified atom stereocenters. The highest BCUT2D eigenvalue weighted by Crippen LogP contribution is 2.43. The maximum Gasteiger partial charge on any atom is 0.472 e. The first-order valence-electron chi connectivity index (χ1n) is 23.5. The molecule has 0 saturated carbocycles. The van der Waals surface area contributed by atoms with Gasteiger partial charge in [-0.25, -0.2) is 4.57 Å². The number of phosphoric ester groups is 1. The molecule has 0 rings (SSSR count). The molecule has 0 aliphatic heterocycles. The van der Waals surface area contributed by atoms with Crippen molar-refractivity contribution >= 4 is 19.8 Å². The van der Waals surface area contributed by atoms with E-state index in [0.717, 1.165) is 32.1 Å². The van der Waals surface area contributed by atoms with Crippen LogP contribution in [0.15, 0.2) is 48.6 Å². The Balaban J connectivity index is 4.50. The Morgan fingerprint density at radius 2 is 1.12 bits per heavy atom. The van der Waals surface area contributed by atoms with Gasteiger partial charge in [0.1, 0.15) is 19.8 Å².